The zero-order chi connectivity index (χ0) is 21.3. The Hall–Kier alpha value is -2.64. The summed E-state index contributed by atoms with van der Waals surface area (Å²) in [7, 11) is 0. The first kappa shape index (κ1) is 23.4. The van der Waals surface area contributed by atoms with Gasteiger partial charge in [-0.25, -0.2) is 0 Å². The molecule has 0 spiro atoms. The van der Waals surface area contributed by atoms with Crippen molar-refractivity contribution in [1.29, 1.82) is 0 Å². The number of hydrogen-bond donors (Lipinski definition) is 1. The van der Waals surface area contributed by atoms with Crippen molar-refractivity contribution in [3.05, 3.63) is 0 Å². The SMILES string of the molecule is C#CCCO[C@]1(OC(C)=O)[C@H](OC(C)=O)[C@@H](COC(C)=O)OC[C@H]1NC(C)=O. The van der Waals surface area contributed by atoms with Gasteiger partial charge in [0, 0.05) is 34.1 Å². The van der Waals surface area contributed by atoms with Crippen molar-refractivity contribution in [2.75, 3.05) is 19.8 Å². The van der Waals surface area contributed by atoms with Crippen LogP contribution in [0.25, 0.3) is 0 Å². The number of carbonyl (C=O) groups is 4. The largest absolute Gasteiger partial charge is 0.463 e. The van der Waals surface area contributed by atoms with Crippen molar-refractivity contribution in [3.63, 3.8) is 0 Å². The average molecular weight is 399 g/mol. The van der Waals surface area contributed by atoms with Crippen LogP contribution in [0.15, 0.2) is 0 Å². The molecule has 1 N–H and O–H groups in total. The number of amides is 1. The van der Waals surface area contributed by atoms with Gasteiger partial charge in [-0.1, -0.05) is 0 Å². The van der Waals surface area contributed by atoms with Crippen LogP contribution in [0.4, 0.5) is 0 Å². The molecule has 156 valence electrons. The van der Waals surface area contributed by atoms with Gasteiger partial charge < -0.3 is 29.0 Å². The first-order chi connectivity index (χ1) is 13.1. The third-order valence-corrected chi connectivity index (χ3v) is 3.70. The van der Waals surface area contributed by atoms with Crippen LogP contribution in [0.1, 0.15) is 34.1 Å². The van der Waals surface area contributed by atoms with E-state index in [4.69, 9.17) is 30.1 Å². The second kappa shape index (κ2) is 10.6. The van der Waals surface area contributed by atoms with Gasteiger partial charge in [-0.05, 0) is 0 Å². The Balaban J connectivity index is 3.39. The van der Waals surface area contributed by atoms with E-state index in [9.17, 15) is 19.2 Å². The number of ether oxygens (including phenoxy) is 5. The van der Waals surface area contributed by atoms with E-state index in [1.165, 1.54) is 13.8 Å². The molecule has 0 radical (unpaired) electrons. The van der Waals surface area contributed by atoms with Crippen LogP contribution in [0.3, 0.4) is 0 Å². The Labute approximate surface area is 163 Å². The summed E-state index contributed by atoms with van der Waals surface area (Å²) in [6.45, 7) is 4.23. The Morgan fingerprint density at radius 2 is 1.82 bits per heavy atom. The van der Waals surface area contributed by atoms with Crippen LogP contribution >= 0.6 is 0 Å². The monoisotopic (exact) mass is 399 g/mol. The molecule has 0 aliphatic carbocycles. The fourth-order valence-electron chi connectivity index (χ4n) is 2.78. The van der Waals surface area contributed by atoms with Crippen molar-refractivity contribution >= 4 is 23.8 Å². The summed E-state index contributed by atoms with van der Waals surface area (Å²) >= 11 is 0. The van der Waals surface area contributed by atoms with Gasteiger partial charge in [0.2, 0.25) is 5.91 Å². The molecule has 0 unspecified atom stereocenters. The van der Waals surface area contributed by atoms with Gasteiger partial charge in [0.15, 0.2) is 6.10 Å². The maximum Gasteiger partial charge on any atom is 0.305 e. The summed E-state index contributed by atoms with van der Waals surface area (Å²) < 4.78 is 27.2. The van der Waals surface area contributed by atoms with E-state index < -0.39 is 47.9 Å². The van der Waals surface area contributed by atoms with E-state index in [0.717, 1.165) is 13.8 Å². The molecule has 1 rings (SSSR count). The van der Waals surface area contributed by atoms with E-state index in [2.05, 4.69) is 11.2 Å². The molecule has 0 aromatic carbocycles. The Morgan fingerprint density at radius 3 is 2.32 bits per heavy atom. The smallest absolute Gasteiger partial charge is 0.305 e. The van der Waals surface area contributed by atoms with Crippen LogP contribution in [0, 0.1) is 12.3 Å². The second-order valence-electron chi connectivity index (χ2n) is 6.08. The zero-order valence-corrected chi connectivity index (χ0v) is 16.3. The summed E-state index contributed by atoms with van der Waals surface area (Å²) in [5, 5.41) is 2.58. The van der Waals surface area contributed by atoms with Crippen molar-refractivity contribution < 1.29 is 42.9 Å². The van der Waals surface area contributed by atoms with Gasteiger partial charge in [0.25, 0.3) is 5.79 Å². The summed E-state index contributed by atoms with van der Waals surface area (Å²) in [5.41, 5.74) is 0. The summed E-state index contributed by atoms with van der Waals surface area (Å²) in [5.74, 6) is -2.05. The Kier molecular flexibility index (Phi) is 8.88. The lowest BCUT2D eigenvalue weighted by Crippen LogP contribution is -2.72. The molecule has 0 aromatic rings. The fourth-order valence-corrected chi connectivity index (χ4v) is 2.78. The standard InChI is InChI=1S/C18H25NO9/c1-6-7-8-26-18(28-14(5)23)16(19-11(2)20)10-25-15(9-24-12(3)21)17(18)27-13(4)22/h1,15-17H,7-10H2,2-5H3,(H,19,20)/t15-,16-,17-,18-/m1/s1. The van der Waals surface area contributed by atoms with Crippen molar-refractivity contribution in [2.24, 2.45) is 0 Å². The molecular formula is C18H25NO9. The third-order valence-electron chi connectivity index (χ3n) is 3.70. The summed E-state index contributed by atoms with van der Waals surface area (Å²) in [4.78, 5) is 46.5. The van der Waals surface area contributed by atoms with Crippen LogP contribution in [0.2, 0.25) is 0 Å². The lowest BCUT2D eigenvalue weighted by Gasteiger charge is -2.49. The minimum absolute atomic E-state index is 0.0576. The molecule has 1 aliphatic heterocycles. The minimum atomic E-state index is -1.93. The summed E-state index contributed by atoms with van der Waals surface area (Å²) in [6, 6.07) is -1.01. The van der Waals surface area contributed by atoms with Crippen molar-refractivity contribution in [3.8, 4) is 12.3 Å². The van der Waals surface area contributed by atoms with Gasteiger partial charge in [-0.15, -0.1) is 12.3 Å². The number of terminal acetylenes is 1. The molecule has 28 heavy (non-hydrogen) atoms. The van der Waals surface area contributed by atoms with E-state index >= 15 is 0 Å². The number of rotatable bonds is 8. The zero-order valence-electron chi connectivity index (χ0n) is 16.3. The number of nitrogens with one attached hydrogen (secondary N) is 1. The van der Waals surface area contributed by atoms with Crippen LogP contribution in [-0.4, -0.2) is 67.7 Å². The minimum Gasteiger partial charge on any atom is -0.463 e. The normalized spacial score (nSPS) is 26.5. The number of esters is 3. The van der Waals surface area contributed by atoms with Crippen molar-refractivity contribution in [2.45, 2.75) is 58.2 Å². The molecule has 0 saturated carbocycles. The molecule has 10 nitrogen and oxygen atoms in total. The highest BCUT2D eigenvalue weighted by Gasteiger charge is 2.60. The second-order valence-corrected chi connectivity index (χ2v) is 6.08. The molecule has 0 bridgehead atoms. The first-order valence-electron chi connectivity index (χ1n) is 8.58. The predicted molar refractivity (Wildman–Crippen MR) is 93.4 cm³/mol. The molecular weight excluding hydrogens is 374 g/mol. The van der Waals surface area contributed by atoms with Crippen LogP contribution in [0.5, 0.6) is 0 Å². The van der Waals surface area contributed by atoms with Gasteiger partial charge in [-0.3, -0.25) is 19.2 Å². The number of carbonyl (C=O) groups excluding carboxylic acids is 4. The molecule has 1 saturated heterocycles. The maximum atomic E-state index is 11.9. The van der Waals surface area contributed by atoms with Gasteiger partial charge in [0.1, 0.15) is 18.8 Å². The third kappa shape index (κ3) is 6.51. The highest BCUT2D eigenvalue weighted by molar-refractivity contribution is 5.74. The molecule has 1 amide bonds. The Bertz CT molecular complexity index is 641. The quantitative estimate of drug-likeness (QED) is 0.192. The molecule has 1 fully saturated rings. The Morgan fingerprint density at radius 1 is 1.14 bits per heavy atom. The van der Waals surface area contributed by atoms with E-state index in [1.807, 2.05) is 0 Å². The average Bonchev–Trinajstić information content (AvgIpc) is 2.56. The van der Waals surface area contributed by atoms with Gasteiger partial charge >= 0.3 is 17.9 Å². The lowest BCUT2D eigenvalue weighted by molar-refractivity contribution is -0.329. The number of hydrogen-bond acceptors (Lipinski definition) is 9. The molecule has 1 aliphatic rings. The molecule has 4 atom stereocenters. The first-order valence-corrected chi connectivity index (χ1v) is 8.58. The van der Waals surface area contributed by atoms with E-state index in [-0.39, 0.29) is 26.2 Å². The summed E-state index contributed by atoms with van der Waals surface area (Å²) in [6.07, 6.45) is 3.07. The topological polar surface area (TPSA) is 126 Å². The highest BCUT2D eigenvalue weighted by atomic mass is 16.7. The molecule has 1 heterocycles. The lowest BCUT2D eigenvalue weighted by atomic mass is 9.92. The van der Waals surface area contributed by atoms with Crippen molar-refractivity contribution in [1.82, 2.24) is 5.32 Å². The predicted octanol–water partition coefficient (Wildman–Crippen LogP) is -0.316. The highest BCUT2D eigenvalue weighted by Crippen LogP contribution is 2.34. The molecule has 10 heteroatoms. The van der Waals surface area contributed by atoms with Gasteiger partial charge in [0.05, 0.1) is 13.2 Å². The van der Waals surface area contributed by atoms with Gasteiger partial charge in [-0.2, -0.15) is 0 Å². The van der Waals surface area contributed by atoms with Crippen LogP contribution in [-0.2, 0) is 42.9 Å². The fraction of sp³-hybridized carbons (Fsp3) is 0.667. The van der Waals surface area contributed by atoms with Crippen LogP contribution < -0.4 is 5.32 Å². The van der Waals surface area contributed by atoms with E-state index in [1.54, 1.807) is 0 Å². The molecule has 0 aromatic heterocycles. The van der Waals surface area contributed by atoms with E-state index in [0.29, 0.717) is 0 Å². The maximum absolute atomic E-state index is 11.9.